The molecular formula is C8H15NO3. The average molecular weight is 173 g/mol. The number of carbonyl (C=O) groups excluding carboxylic acids is 1. The zero-order valence-corrected chi connectivity index (χ0v) is 7.03. The highest BCUT2D eigenvalue weighted by Crippen LogP contribution is 2.21. The minimum atomic E-state index is -1.15. The van der Waals surface area contributed by atoms with Gasteiger partial charge in [-0.2, -0.15) is 0 Å². The second-order valence-electron chi connectivity index (χ2n) is 3.09. The monoisotopic (exact) mass is 173 g/mol. The van der Waals surface area contributed by atoms with Crippen LogP contribution < -0.4 is 5.73 Å². The van der Waals surface area contributed by atoms with Crippen LogP contribution in [0.4, 0.5) is 0 Å². The first-order valence-corrected chi connectivity index (χ1v) is 4.32. The highest BCUT2D eigenvalue weighted by molar-refractivity contribution is 5.74. The molecule has 0 heterocycles. The summed E-state index contributed by atoms with van der Waals surface area (Å²) in [6.45, 7) is -0.0639. The lowest BCUT2D eigenvalue weighted by Crippen LogP contribution is -2.33. The number of esters is 1. The molecule has 12 heavy (non-hydrogen) atoms. The van der Waals surface area contributed by atoms with Gasteiger partial charge in [0.25, 0.3) is 0 Å². The van der Waals surface area contributed by atoms with Gasteiger partial charge in [0.2, 0.25) is 0 Å². The standard InChI is InChI=1S/C8H15NO3/c9-5-7(10)8(11)12-6-3-1-2-4-6/h6-7,10H,1-5,9H2. The lowest BCUT2D eigenvalue weighted by Gasteiger charge is -2.13. The van der Waals surface area contributed by atoms with Crippen molar-refractivity contribution in [2.45, 2.75) is 37.9 Å². The second kappa shape index (κ2) is 4.42. The molecule has 70 valence electrons. The van der Waals surface area contributed by atoms with E-state index in [-0.39, 0.29) is 12.6 Å². The average Bonchev–Trinajstić information content (AvgIpc) is 2.55. The molecule has 0 radical (unpaired) electrons. The highest BCUT2D eigenvalue weighted by atomic mass is 16.6. The van der Waals surface area contributed by atoms with Crippen molar-refractivity contribution < 1.29 is 14.6 Å². The van der Waals surface area contributed by atoms with E-state index in [2.05, 4.69) is 0 Å². The topological polar surface area (TPSA) is 72.5 Å². The van der Waals surface area contributed by atoms with Crippen LogP contribution in [-0.2, 0) is 9.53 Å². The molecule has 1 rings (SSSR count). The third-order valence-electron chi connectivity index (χ3n) is 2.08. The van der Waals surface area contributed by atoms with Crippen LogP contribution in [0, 0.1) is 0 Å². The molecule has 3 N–H and O–H groups in total. The maximum absolute atomic E-state index is 11.0. The molecule has 1 aliphatic rings. The number of hydrogen-bond acceptors (Lipinski definition) is 4. The zero-order chi connectivity index (χ0) is 8.97. The molecular weight excluding hydrogens is 158 g/mol. The van der Waals surface area contributed by atoms with E-state index in [9.17, 15) is 4.79 Å². The molecule has 0 bridgehead atoms. The molecule has 4 heteroatoms. The Labute approximate surface area is 71.7 Å². The number of carbonyl (C=O) groups is 1. The molecule has 0 saturated heterocycles. The molecule has 1 saturated carbocycles. The number of ether oxygens (including phenoxy) is 1. The Morgan fingerprint density at radius 3 is 2.67 bits per heavy atom. The van der Waals surface area contributed by atoms with E-state index in [1.54, 1.807) is 0 Å². The predicted molar refractivity (Wildman–Crippen MR) is 43.4 cm³/mol. The van der Waals surface area contributed by atoms with Gasteiger partial charge in [-0.3, -0.25) is 0 Å². The molecule has 1 aliphatic carbocycles. The van der Waals surface area contributed by atoms with Gasteiger partial charge in [-0.1, -0.05) is 0 Å². The van der Waals surface area contributed by atoms with Crippen molar-refractivity contribution in [3.05, 3.63) is 0 Å². The van der Waals surface area contributed by atoms with Gasteiger partial charge < -0.3 is 15.6 Å². The summed E-state index contributed by atoms with van der Waals surface area (Å²) in [4.78, 5) is 11.0. The Kier molecular flexibility index (Phi) is 3.49. The summed E-state index contributed by atoms with van der Waals surface area (Å²) in [5, 5.41) is 8.99. The fourth-order valence-electron chi connectivity index (χ4n) is 1.35. The van der Waals surface area contributed by atoms with Gasteiger partial charge in [-0.05, 0) is 25.7 Å². The van der Waals surface area contributed by atoms with Crippen LogP contribution in [0.2, 0.25) is 0 Å². The Morgan fingerprint density at radius 2 is 2.17 bits per heavy atom. The van der Waals surface area contributed by atoms with Crippen molar-refractivity contribution in [2.24, 2.45) is 5.73 Å². The highest BCUT2D eigenvalue weighted by Gasteiger charge is 2.22. The van der Waals surface area contributed by atoms with Crippen LogP contribution in [0.3, 0.4) is 0 Å². The van der Waals surface area contributed by atoms with E-state index in [0.29, 0.717) is 0 Å². The smallest absolute Gasteiger partial charge is 0.336 e. The number of hydrogen-bond donors (Lipinski definition) is 2. The molecule has 0 aromatic heterocycles. The molecule has 0 aromatic rings. The van der Waals surface area contributed by atoms with Gasteiger partial charge in [-0.15, -0.1) is 0 Å². The summed E-state index contributed by atoms with van der Waals surface area (Å²) >= 11 is 0. The molecule has 1 unspecified atom stereocenters. The van der Waals surface area contributed by atoms with E-state index in [1.807, 2.05) is 0 Å². The number of aliphatic hydroxyl groups excluding tert-OH is 1. The van der Waals surface area contributed by atoms with Crippen molar-refractivity contribution in [1.29, 1.82) is 0 Å². The van der Waals surface area contributed by atoms with Crippen molar-refractivity contribution in [3.63, 3.8) is 0 Å². The van der Waals surface area contributed by atoms with E-state index in [4.69, 9.17) is 15.6 Å². The summed E-state index contributed by atoms with van der Waals surface area (Å²) in [5.41, 5.74) is 5.10. The molecule has 4 nitrogen and oxygen atoms in total. The number of nitrogens with two attached hydrogens (primary N) is 1. The molecule has 1 fully saturated rings. The van der Waals surface area contributed by atoms with Crippen LogP contribution in [0.15, 0.2) is 0 Å². The van der Waals surface area contributed by atoms with Crippen LogP contribution >= 0.6 is 0 Å². The molecule has 1 atom stereocenters. The molecule has 0 amide bonds. The van der Waals surface area contributed by atoms with Crippen molar-refractivity contribution in [1.82, 2.24) is 0 Å². The first-order valence-electron chi connectivity index (χ1n) is 4.32. The SMILES string of the molecule is NCC(O)C(=O)OC1CCCC1. The van der Waals surface area contributed by atoms with E-state index in [0.717, 1.165) is 25.7 Å². The van der Waals surface area contributed by atoms with Crippen molar-refractivity contribution in [2.75, 3.05) is 6.54 Å². The number of rotatable bonds is 3. The maximum atomic E-state index is 11.0. The van der Waals surface area contributed by atoms with E-state index in [1.165, 1.54) is 0 Å². The molecule has 0 spiro atoms. The van der Waals surface area contributed by atoms with E-state index < -0.39 is 12.1 Å². The Morgan fingerprint density at radius 1 is 1.58 bits per heavy atom. The quantitative estimate of drug-likeness (QED) is 0.579. The predicted octanol–water partition coefficient (Wildman–Crippen LogP) is -0.208. The van der Waals surface area contributed by atoms with Gasteiger partial charge in [0.15, 0.2) is 6.10 Å². The third-order valence-corrected chi connectivity index (χ3v) is 2.08. The lowest BCUT2D eigenvalue weighted by molar-refractivity contribution is -0.158. The maximum Gasteiger partial charge on any atom is 0.336 e. The largest absolute Gasteiger partial charge is 0.460 e. The fourth-order valence-corrected chi connectivity index (χ4v) is 1.35. The summed E-state index contributed by atoms with van der Waals surface area (Å²) < 4.78 is 5.00. The fraction of sp³-hybridized carbons (Fsp3) is 0.875. The van der Waals surface area contributed by atoms with Crippen LogP contribution in [0.25, 0.3) is 0 Å². The zero-order valence-electron chi connectivity index (χ0n) is 7.03. The summed E-state index contributed by atoms with van der Waals surface area (Å²) in [5.74, 6) is -0.579. The van der Waals surface area contributed by atoms with Crippen LogP contribution in [0.5, 0.6) is 0 Å². The second-order valence-corrected chi connectivity index (χ2v) is 3.09. The summed E-state index contributed by atoms with van der Waals surface area (Å²) in [6.07, 6.45) is 2.92. The molecule has 0 aromatic carbocycles. The van der Waals surface area contributed by atoms with Crippen LogP contribution in [-0.4, -0.2) is 29.8 Å². The first-order chi connectivity index (χ1) is 5.74. The lowest BCUT2D eigenvalue weighted by atomic mass is 10.3. The minimum absolute atomic E-state index is 0.0127. The van der Waals surface area contributed by atoms with Gasteiger partial charge in [-0.25, -0.2) is 4.79 Å². The van der Waals surface area contributed by atoms with Gasteiger partial charge in [0, 0.05) is 6.54 Å². The summed E-state index contributed by atoms with van der Waals surface area (Å²) in [6, 6.07) is 0. The normalized spacial score (nSPS) is 20.8. The Hall–Kier alpha value is -0.610. The first kappa shape index (κ1) is 9.48. The number of aliphatic hydroxyl groups is 1. The summed E-state index contributed by atoms with van der Waals surface area (Å²) in [7, 11) is 0. The Bertz CT molecular complexity index is 154. The van der Waals surface area contributed by atoms with Crippen molar-refractivity contribution >= 4 is 5.97 Å². The van der Waals surface area contributed by atoms with Crippen molar-refractivity contribution in [3.8, 4) is 0 Å². The third kappa shape index (κ3) is 2.46. The van der Waals surface area contributed by atoms with Gasteiger partial charge in [0.1, 0.15) is 6.10 Å². The van der Waals surface area contributed by atoms with Gasteiger partial charge in [0.05, 0.1) is 0 Å². The van der Waals surface area contributed by atoms with E-state index >= 15 is 0 Å². The Balaban J connectivity index is 2.25. The van der Waals surface area contributed by atoms with Gasteiger partial charge >= 0.3 is 5.97 Å². The van der Waals surface area contributed by atoms with Crippen LogP contribution in [0.1, 0.15) is 25.7 Å². The molecule has 0 aliphatic heterocycles. The minimum Gasteiger partial charge on any atom is -0.460 e.